The summed E-state index contributed by atoms with van der Waals surface area (Å²) in [5.74, 6) is 0. The van der Waals surface area contributed by atoms with Gasteiger partial charge in [0, 0.05) is 26.2 Å². The standard InChI is InChI=1S/C8H21N3O3S/c1-2-5-10-15(12,13)11-6-3-7-14-8-4-9/h10-11H,2-9H2,1H3. The van der Waals surface area contributed by atoms with Crippen molar-refractivity contribution in [1.82, 2.24) is 9.44 Å². The normalized spacial score (nSPS) is 11.9. The van der Waals surface area contributed by atoms with Gasteiger partial charge in [0.2, 0.25) is 0 Å². The molecule has 0 unspecified atom stereocenters. The average Bonchev–Trinajstić information content (AvgIpc) is 2.20. The second-order valence-electron chi connectivity index (χ2n) is 3.05. The van der Waals surface area contributed by atoms with Crippen LogP contribution in [0.3, 0.4) is 0 Å². The molecular weight excluding hydrogens is 218 g/mol. The van der Waals surface area contributed by atoms with E-state index in [1.807, 2.05) is 6.92 Å². The highest BCUT2D eigenvalue weighted by atomic mass is 32.2. The van der Waals surface area contributed by atoms with E-state index in [4.69, 9.17) is 10.5 Å². The first kappa shape index (κ1) is 14.8. The van der Waals surface area contributed by atoms with Gasteiger partial charge in [0.05, 0.1) is 6.61 Å². The molecule has 0 heterocycles. The lowest BCUT2D eigenvalue weighted by Gasteiger charge is -2.07. The highest BCUT2D eigenvalue weighted by Gasteiger charge is 2.05. The van der Waals surface area contributed by atoms with E-state index in [9.17, 15) is 8.42 Å². The van der Waals surface area contributed by atoms with Gasteiger partial charge in [-0.3, -0.25) is 0 Å². The van der Waals surface area contributed by atoms with E-state index < -0.39 is 10.2 Å². The number of nitrogens with one attached hydrogen (secondary N) is 2. The molecule has 0 saturated heterocycles. The second kappa shape index (κ2) is 9.05. The van der Waals surface area contributed by atoms with Gasteiger partial charge in [0.25, 0.3) is 10.2 Å². The van der Waals surface area contributed by atoms with Crippen LogP contribution in [0.15, 0.2) is 0 Å². The monoisotopic (exact) mass is 239 g/mol. The molecule has 0 saturated carbocycles. The van der Waals surface area contributed by atoms with Gasteiger partial charge in [-0.05, 0) is 12.8 Å². The Morgan fingerprint density at radius 3 is 2.47 bits per heavy atom. The molecule has 0 aromatic rings. The van der Waals surface area contributed by atoms with Crippen molar-refractivity contribution >= 4 is 10.2 Å². The van der Waals surface area contributed by atoms with Crippen molar-refractivity contribution in [2.75, 3.05) is 32.8 Å². The lowest BCUT2D eigenvalue weighted by Crippen LogP contribution is -2.37. The van der Waals surface area contributed by atoms with Crippen molar-refractivity contribution in [2.24, 2.45) is 5.73 Å². The van der Waals surface area contributed by atoms with Crippen LogP contribution in [-0.4, -0.2) is 41.3 Å². The van der Waals surface area contributed by atoms with Crippen LogP contribution in [0.4, 0.5) is 0 Å². The van der Waals surface area contributed by atoms with E-state index in [1.165, 1.54) is 0 Å². The third-order valence-corrected chi connectivity index (χ3v) is 2.73. The summed E-state index contributed by atoms with van der Waals surface area (Å²) in [5.41, 5.74) is 5.22. The van der Waals surface area contributed by atoms with Crippen molar-refractivity contribution in [3.05, 3.63) is 0 Å². The molecule has 0 aliphatic rings. The molecule has 0 amide bonds. The van der Waals surface area contributed by atoms with Crippen LogP contribution in [0, 0.1) is 0 Å². The van der Waals surface area contributed by atoms with Gasteiger partial charge in [-0.15, -0.1) is 0 Å². The third-order valence-electron chi connectivity index (χ3n) is 1.56. The first-order valence-corrected chi connectivity index (χ1v) is 6.62. The Balaban J connectivity index is 3.41. The van der Waals surface area contributed by atoms with E-state index >= 15 is 0 Å². The maximum absolute atomic E-state index is 11.2. The van der Waals surface area contributed by atoms with Gasteiger partial charge in [-0.25, -0.2) is 9.44 Å². The Morgan fingerprint density at radius 2 is 1.87 bits per heavy atom. The molecule has 0 spiro atoms. The Bertz CT molecular complexity index is 231. The van der Waals surface area contributed by atoms with Crippen molar-refractivity contribution in [1.29, 1.82) is 0 Å². The smallest absolute Gasteiger partial charge is 0.276 e. The maximum Gasteiger partial charge on any atom is 0.276 e. The predicted octanol–water partition coefficient (Wildman–Crippen LogP) is -0.814. The number of hydrogen-bond acceptors (Lipinski definition) is 4. The molecule has 6 nitrogen and oxygen atoms in total. The highest BCUT2D eigenvalue weighted by molar-refractivity contribution is 7.87. The van der Waals surface area contributed by atoms with Crippen LogP contribution in [0.5, 0.6) is 0 Å². The molecule has 7 heteroatoms. The lowest BCUT2D eigenvalue weighted by molar-refractivity contribution is 0.140. The van der Waals surface area contributed by atoms with Crippen LogP contribution in [-0.2, 0) is 14.9 Å². The van der Waals surface area contributed by atoms with Gasteiger partial charge in [-0.2, -0.15) is 8.42 Å². The minimum Gasteiger partial charge on any atom is -0.380 e. The Labute approximate surface area is 91.7 Å². The largest absolute Gasteiger partial charge is 0.380 e. The van der Waals surface area contributed by atoms with E-state index in [1.54, 1.807) is 0 Å². The summed E-state index contributed by atoms with van der Waals surface area (Å²) >= 11 is 0. The Hall–Kier alpha value is -0.210. The van der Waals surface area contributed by atoms with E-state index in [0.717, 1.165) is 6.42 Å². The van der Waals surface area contributed by atoms with Gasteiger partial charge in [-0.1, -0.05) is 6.92 Å². The summed E-state index contributed by atoms with van der Waals surface area (Å²) in [6.07, 6.45) is 1.42. The molecule has 0 fully saturated rings. The fraction of sp³-hybridized carbons (Fsp3) is 1.00. The van der Waals surface area contributed by atoms with Gasteiger partial charge in [0.1, 0.15) is 0 Å². The highest BCUT2D eigenvalue weighted by Crippen LogP contribution is 1.83. The van der Waals surface area contributed by atoms with Gasteiger partial charge >= 0.3 is 0 Å². The fourth-order valence-electron chi connectivity index (χ4n) is 0.854. The van der Waals surface area contributed by atoms with Crippen molar-refractivity contribution in [3.63, 3.8) is 0 Å². The van der Waals surface area contributed by atoms with Crippen molar-refractivity contribution < 1.29 is 13.2 Å². The number of ether oxygens (including phenoxy) is 1. The molecule has 0 aliphatic carbocycles. The zero-order chi connectivity index (χ0) is 11.6. The summed E-state index contributed by atoms with van der Waals surface area (Å²) < 4.78 is 32.3. The molecule has 0 aromatic heterocycles. The van der Waals surface area contributed by atoms with E-state index in [-0.39, 0.29) is 0 Å². The molecule has 0 aliphatic heterocycles. The molecule has 0 atom stereocenters. The molecular formula is C8H21N3O3S. The zero-order valence-corrected chi connectivity index (χ0v) is 9.98. The molecule has 15 heavy (non-hydrogen) atoms. The first-order chi connectivity index (χ1) is 7.12. The maximum atomic E-state index is 11.2. The van der Waals surface area contributed by atoms with Crippen LogP contribution in [0.1, 0.15) is 19.8 Å². The van der Waals surface area contributed by atoms with Crippen molar-refractivity contribution in [2.45, 2.75) is 19.8 Å². The SMILES string of the molecule is CCCNS(=O)(=O)NCCCOCCN. The quantitative estimate of drug-likeness (QED) is 0.434. The van der Waals surface area contributed by atoms with Crippen molar-refractivity contribution in [3.8, 4) is 0 Å². The summed E-state index contributed by atoms with van der Waals surface area (Å²) in [4.78, 5) is 0. The molecule has 0 rings (SSSR count). The molecule has 0 radical (unpaired) electrons. The third kappa shape index (κ3) is 10.1. The molecule has 4 N–H and O–H groups in total. The predicted molar refractivity (Wildman–Crippen MR) is 59.7 cm³/mol. The van der Waals surface area contributed by atoms with E-state index in [0.29, 0.717) is 39.3 Å². The van der Waals surface area contributed by atoms with Gasteiger partial charge in [0.15, 0.2) is 0 Å². The molecule has 0 aromatic carbocycles. The van der Waals surface area contributed by atoms with E-state index in [2.05, 4.69) is 9.44 Å². The summed E-state index contributed by atoms with van der Waals surface area (Å²) in [6.45, 7) is 4.27. The number of rotatable bonds is 10. The summed E-state index contributed by atoms with van der Waals surface area (Å²) in [7, 11) is -3.32. The minimum absolute atomic E-state index is 0.379. The minimum atomic E-state index is -3.32. The number of nitrogens with two attached hydrogens (primary N) is 1. The molecule has 0 bridgehead atoms. The Kier molecular flexibility index (Phi) is 8.92. The molecule has 92 valence electrons. The average molecular weight is 239 g/mol. The topological polar surface area (TPSA) is 93.5 Å². The van der Waals surface area contributed by atoms with Crippen LogP contribution >= 0.6 is 0 Å². The Morgan fingerprint density at radius 1 is 1.20 bits per heavy atom. The van der Waals surface area contributed by atoms with Crippen LogP contribution in [0.25, 0.3) is 0 Å². The second-order valence-corrected chi connectivity index (χ2v) is 4.63. The zero-order valence-electron chi connectivity index (χ0n) is 9.16. The number of hydrogen-bond donors (Lipinski definition) is 3. The van der Waals surface area contributed by atoms with Crippen LogP contribution < -0.4 is 15.2 Å². The summed E-state index contributed by atoms with van der Waals surface area (Å²) in [5, 5.41) is 0. The fourth-order valence-corrected chi connectivity index (χ4v) is 1.84. The van der Waals surface area contributed by atoms with Crippen LogP contribution in [0.2, 0.25) is 0 Å². The lowest BCUT2D eigenvalue weighted by atomic mass is 10.5. The summed E-state index contributed by atoms with van der Waals surface area (Å²) in [6, 6.07) is 0. The first-order valence-electron chi connectivity index (χ1n) is 5.14. The van der Waals surface area contributed by atoms with Gasteiger partial charge < -0.3 is 10.5 Å².